The molecule has 144 valence electrons. The normalized spacial score (nSPS) is 16.4. The van der Waals surface area contributed by atoms with Gasteiger partial charge in [0.15, 0.2) is 0 Å². The van der Waals surface area contributed by atoms with Crippen molar-refractivity contribution in [3.8, 4) is 0 Å². The van der Waals surface area contributed by atoms with Crippen LogP contribution >= 0.6 is 0 Å². The van der Waals surface area contributed by atoms with E-state index in [1.165, 1.54) is 11.1 Å². The number of fused-ring (bicyclic) bond motifs is 1. The van der Waals surface area contributed by atoms with Crippen LogP contribution in [0.5, 0.6) is 0 Å². The number of carbonyl (C=O) groups is 2. The number of hydrogen-bond donors (Lipinski definition) is 4. The fourth-order valence-corrected chi connectivity index (χ4v) is 3.02. The van der Waals surface area contributed by atoms with Gasteiger partial charge in [-0.05, 0) is 36.8 Å². The highest BCUT2D eigenvalue weighted by Gasteiger charge is 2.23. The molecule has 1 aliphatic rings. The van der Waals surface area contributed by atoms with Crippen LogP contribution in [0, 0.1) is 0 Å². The summed E-state index contributed by atoms with van der Waals surface area (Å²) in [6.45, 7) is 0. The maximum Gasteiger partial charge on any atom is 0.322 e. The van der Waals surface area contributed by atoms with Gasteiger partial charge in [0.05, 0.1) is 0 Å². The van der Waals surface area contributed by atoms with Crippen LogP contribution in [-0.4, -0.2) is 28.2 Å². The van der Waals surface area contributed by atoms with Crippen LogP contribution in [-0.2, 0) is 16.0 Å². The van der Waals surface area contributed by atoms with Crippen molar-refractivity contribution in [2.45, 2.75) is 44.2 Å². The minimum absolute atomic E-state index is 0.0477. The number of aryl methyl sites for hydroxylation is 1. The molecule has 1 aliphatic carbocycles. The van der Waals surface area contributed by atoms with E-state index in [2.05, 4.69) is 16.9 Å². The van der Waals surface area contributed by atoms with Crippen LogP contribution in [0.4, 0.5) is 0 Å². The van der Waals surface area contributed by atoms with Crippen molar-refractivity contribution in [1.29, 1.82) is 0 Å². The molecule has 0 saturated carbocycles. The molecule has 0 amide bonds. The fourth-order valence-electron chi connectivity index (χ4n) is 3.02. The Morgan fingerprint density at radius 2 is 1.63 bits per heavy atom. The molecule has 0 heterocycles. The van der Waals surface area contributed by atoms with E-state index in [1.54, 1.807) is 0 Å². The zero-order valence-corrected chi connectivity index (χ0v) is 15.2. The van der Waals surface area contributed by atoms with Crippen LogP contribution < -0.4 is 10.9 Å². The van der Waals surface area contributed by atoms with E-state index < -0.39 is 18.0 Å². The van der Waals surface area contributed by atoms with Gasteiger partial charge in [0.1, 0.15) is 6.04 Å². The molecule has 4 N–H and O–H groups in total. The molecule has 0 bridgehead atoms. The van der Waals surface area contributed by atoms with E-state index in [4.69, 9.17) is 10.2 Å². The second kappa shape index (κ2) is 11.1. The summed E-state index contributed by atoms with van der Waals surface area (Å²) in [7, 11) is 0. The van der Waals surface area contributed by atoms with Gasteiger partial charge >= 0.3 is 11.9 Å². The second-order valence-electron chi connectivity index (χ2n) is 6.41. The molecule has 0 saturated heterocycles. The van der Waals surface area contributed by atoms with Gasteiger partial charge in [-0.1, -0.05) is 60.7 Å². The molecular weight excluding hydrogens is 344 g/mol. The minimum atomic E-state index is -1.05. The first kappa shape index (κ1) is 20.6. The average molecular weight is 370 g/mol. The number of benzene rings is 2. The third-order valence-corrected chi connectivity index (χ3v) is 4.41. The lowest BCUT2D eigenvalue weighted by Crippen LogP contribution is -2.47. The lowest BCUT2D eigenvalue weighted by molar-refractivity contribution is -0.141. The lowest BCUT2D eigenvalue weighted by atomic mass is 9.88. The van der Waals surface area contributed by atoms with Crippen molar-refractivity contribution < 1.29 is 19.8 Å². The van der Waals surface area contributed by atoms with Crippen molar-refractivity contribution in [2.24, 2.45) is 0 Å². The molecule has 2 atom stereocenters. The number of hydrazine groups is 1. The van der Waals surface area contributed by atoms with Crippen LogP contribution in [0.15, 0.2) is 60.7 Å². The second-order valence-corrected chi connectivity index (χ2v) is 6.41. The zero-order valence-electron chi connectivity index (χ0n) is 15.2. The van der Waals surface area contributed by atoms with Crippen molar-refractivity contribution in [3.05, 3.63) is 71.8 Å². The quantitative estimate of drug-likeness (QED) is 0.559. The van der Waals surface area contributed by atoms with E-state index in [1.807, 2.05) is 54.6 Å². The highest BCUT2D eigenvalue weighted by atomic mass is 16.4. The summed E-state index contributed by atoms with van der Waals surface area (Å²) >= 11 is 0. The number of nitrogens with one attached hydrogen (secondary N) is 2. The zero-order chi connectivity index (χ0) is 19.5. The van der Waals surface area contributed by atoms with Gasteiger partial charge in [0.25, 0.3) is 0 Å². The van der Waals surface area contributed by atoms with Crippen molar-refractivity contribution in [1.82, 2.24) is 10.9 Å². The van der Waals surface area contributed by atoms with Crippen LogP contribution in [0.1, 0.15) is 42.9 Å². The molecule has 2 aromatic carbocycles. The Morgan fingerprint density at radius 3 is 2.22 bits per heavy atom. The van der Waals surface area contributed by atoms with Gasteiger partial charge in [-0.15, -0.1) is 0 Å². The Morgan fingerprint density at radius 1 is 1.00 bits per heavy atom. The largest absolute Gasteiger partial charge is 0.481 e. The van der Waals surface area contributed by atoms with E-state index in [0.717, 1.165) is 19.3 Å². The summed E-state index contributed by atoms with van der Waals surface area (Å²) in [6.07, 6.45) is 2.88. The average Bonchev–Trinajstić information content (AvgIpc) is 2.69. The summed E-state index contributed by atoms with van der Waals surface area (Å²) in [5, 5.41) is 17.8. The van der Waals surface area contributed by atoms with Crippen molar-refractivity contribution in [2.75, 3.05) is 0 Å². The Hall–Kier alpha value is -2.70. The van der Waals surface area contributed by atoms with E-state index in [-0.39, 0.29) is 18.9 Å². The van der Waals surface area contributed by atoms with Gasteiger partial charge in [0.2, 0.25) is 0 Å². The molecule has 6 heteroatoms. The molecule has 1 unspecified atom stereocenters. The molecule has 0 radical (unpaired) electrons. The van der Waals surface area contributed by atoms with E-state index in [9.17, 15) is 9.59 Å². The van der Waals surface area contributed by atoms with Gasteiger partial charge in [-0.25, -0.2) is 10.9 Å². The maximum absolute atomic E-state index is 11.1. The van der Waals surface area contributed by atoms with E-state index >= 15 is 0 Å². The van der Waals surface area contributed by atoms with E-state index in [0.29, 0.717) is 0 Å². The molecule has 6 nitrogen and oxygen atoms in total. The third kappa shape index (κ3) is 7.21. The van der Waals surface area contributed by atoms with Crippen molar-refractivity contribution >= 4 is 11.9 Å². The van der Waals surface area contributed by atoms with Gasteiger partial charge in [0, 0.05) is 12.5 Å². The molecule has 0 aliphatic heterocycles. The van der Waals surface area contributed by atoms with Crippen LogP contribution in [0.3, 0.4) is 0 Å². The first-order valence-electron chi connectivity index (χ1n) is 9.11. The minimum Gasteiger partial charge on any atom is -0.481 e. The molecule has 0 spiro atoms. The van der Waals surface area contributed by atoms with Crippen molar-refractivity contribution in [3.63, 3.8) is 0 Å². The van der Waals surface area contributed by atoms with Gasteiger partial charge < -0.3 is 10.2 Å². The number of rotatable bonds is 7. The smallest absolute Gasteiger partial charge is 0.322 e. The number of aliphatic carboxylic acids is 2. The molecule has 3 rings (SSSR count). The summed E-state index contributed by atoms with van der Waals surface area (Å²) in [5.74, 6) is -2.04. The molecule has 2 aromatic rings. The fraction of sp³-hybridized carbons (Fsp3) is 0.333. The first-order valence-corrected chi connectivity index (χ1v) is 9.11. The van der Waals surface area contributed by atoms with Gasteiger partial charge in [-0.3, -0.25) is 9.59 Å². The Bertz CT molecular complexity index is 694. The Kier molecular flexibility index (Phi) is 8.48. The van der Waals surface area contributed by atoms with Gasteiger partial charge in [-0.2, -0.15) is 0 Å². The van der Waals surface area contributed by atoms with Crippen LogP contribution in [0.2, 0.25) is 0 Å². The highest BCUT2D eigenvalue weighted by molar-refractivity contribution is 5.74. The Labute approximate surface area is 159 Å². The topological polar surface area (TPSA) is 98.7 Å². The molecule has 27 heavy (non-hydrogen) atoms. The summed E-state index contributed by atoms with van der Waals surface area (Å²) in [5.41, 5.74) is 8.29. The maximum atomic E-state index is 11.1. The SMILES string of the molecule is O=C(O)CCC(NN[C@H]1CCCc2ccccc21)C(=O)O.c1ccccc1. The number of carboxylic acids is 2. The summed E-state index contributed by atoms with van der Waals surface area (Å²) in [6, 6.07) is 19.2. The van der Waals surface area contributed by atoms with Crippen LogP contribution in [0.25, 0.3) is 0 Å². The predicted octanol–water partition coefficient (Wildman–Crippen LogP) is 3.16. The Balaban J connectivity index is 0.000000369. The number of hydrogen-bond acceptors (Lipinski definition) is 4. The molecule has 0 fully saturated rings. The molecular formula is C21H26N2O4. The lowest BCUT2D eigenvalue weighted by Gasteiger charge is -2.28. The third-order valence-electron chi connectivity index (χ3n) is 4.41. The highest BCUT2D eigenvalue weighted by Crippen LogP contribution is 2.28. The number of carboxylic acid groups (broad SMARTS) is 2. The first-order chi connectivity index (χ1) is 13.1. The molecule has 0 aromatic heterocycles. The standard InChI is InChI=1S/C15H20N2O4.C6H6/c18-14(19)9-8-13(15(20)21)17-16-12-7-3-5-10-4-1-2-6-11(10)12;1-2-4-6-5-3-1/h1-2,4,6,12-13,16-17H,3,5,7-9H2,(H,18,19)(H,20,21);1-6H/t12-,13?;/m0./s1. The summed E-state index contributed by atoms with van der Waals surface area (Å²) < 4.78 is 0. The predicted molar refractivity (Wildman–Crippen MR) is 103 cm³/mol. The monoisotopic (exact) mass is 370 g/mol. The summed E-state index contributed by atoms with van der Waals surface area (Å²) in [4.78, 5) is 21.7.